The summed E-state index contributed by atoms with van der Waals surface area (Å²) in [5.41, 5.74) is 1.50. The number of benzene rings is 2. The van der Waals surface area contributed by atoms with Gasteiger partial charge in [-0.3, -0.25) is 0 Å². The fourth-order valence-electron chi connectivity index (χ4n) is 10.3. The largest absolute Gasteiger partial charge is 0.490 e. The van der Waals surface area contributed by atoms with E-state index < -0.39 is 28.7 Å². The van der Waals surface area contributed by atoms with Gasteiger partial charge >= 0.3 is 5.91 Å². The summed E-state index contributed by atoms with van der Waals surface area (Å²) in [5.74, 6) is 2.54. The van der Waals surface area contributed by atoms with E-state index in [0.29, 0.717) is 114 Å². The summed E-state index contributed by atoms with van der Waals surface area (Å²) in [7, 11) is 3.21. The molecule has 18 heteroatoms. The van der Waals surface area contributed by atoms with Crippen molar-refractivity contribution in [1.82, 2.24) is 9.13 Å². The van der Waals surface area contributed by atoms with Crippen LogP contribution in [0.5, 0.6) is 46.0 Å². The van der Waals surface area contributed by atoms with Crippen LogP contribution in [0, 0.1) is 0 Å². The maximum atomic E-state index is 7.11. The molecular formula is C49H56N8O10+2. The van der Waals surface area contributed by atoms with Crippen molar-refractivity contribution in [3.05, 3.63) is 57.5 Å². The minimum absolute atomic E-state index is 0.195. The molecule has 0 N–H and O–H groups in total. The Balaban J connectivity index is 1.33. The third kappa shape index (κ3) is 4.96. The van der Waals surface area contributed by atoms with Crippen LogP contribution in [-0.4, -0.2) is 103 Å². The summed E-state index contributed by atoms with van der Waals surface area (Å²) in [6.45, 7) is 27.4. The van der Waals surface area contributed by atoms with Crippen LogP contribution < -0.4 is 48.9 Å². The topological polar surface area (TPSA) is 158 Å². The van der Waals surface area contributed by atoms with Gasteiger partial charge in [0.15, 0.2) is 11.2 Å². The first-order valence-electron chi connectivity index (χ1n) is 23.0. The molecule has 2 aromatic heterocycles. The SMILES string of the molecule is CO[C@]1(C)Oc2c(c3n4c2N=C2c5c(OC(C)C)ccc(OC(C)C)c5C5=[N+]2C42n4c(c6c(c4=N5)O[C@@](C)(OC)C(C)(C)O6)=NC4=[N+]2C(=N3)c2c(OC(C)C)ccc(OC(C)C)c24)OC1(C)C. The van der Waals surface area contributed by atoms with Crippen molar-refractivity contribution in [2.75, 3.05) is 14.2 Å². The van der Waals surface area contributed by atoms with Crippen LogP contribution in [0.4, 0.5) is 11.6 Å². The highest BCUT2D eigenvalue weighted by Crippen LogP contribution is 2.63. The molecular weight excluding hydrogens is 861 g/mol. The second kappa shape index (κ2) is 13.0. The van der Waals surface area contributed by atoms with Gasteiger partial charge in [-0.05, 0) is 107 Å². The average molecular weight is 917 g/mol. The standard InChI is InChI=1S/C49H56N8O10/c1-21(2)60-25-17-18-26(61-22(3)4)30-29(25)37-50-41-33-35(66-47(13,58-15)45(9,10)64-33)43-52-39-31-27(62-23(5)6)19-20-28(63-24(7)8)32(31)40-53-44-36-34(65-46(11,12)48(14,59-16)67-36)42-51-38(30)54(37)49(55(39)40,56(41)43)57(42)44/h17-24H,1-16H3/q+2/t47-,48-/m1/s1. The van der Waals surface area contributed by atoms with Crippen molar-refractivity contribution in [2.45, 2.75) is 150 Å². The highest BCUT2D eigenvalue weighted by molar-refractivity contribution is 6.21. The van der Waals surface area contributed by atoms with Gasteiger partial charge in [0.2, 0.25) is 34.6 Å². The normalized spacial score (nSPS) is 25.1. The number of amidine groups is 4. The fourth-order valence-corrected chi connectivity index (χ4v) is 10.3. The Morgan fingerprint density at radius 1 is 0.463 bits per heavy atom. The molecule has 18 nitrogen and oxygen atoms in total. The van der Waals surface area contributed by atoms with E-state index in [0.717, 1.165) is 0 Å². The smallest absolute Gasteiger partial charge is 0.405 e. The summed E-state index contributed by atoms with van der Waals surface area (Å²) in [4.78, 5) is 22.5. The van der Waals surface area contributed by atoms with E-state index in [4.69, 9.17) is 67.3 Å². The molecule has 0 amide bonds. The number of rotatable bonds is 10. The fraction of sp³-hybridized carbons (Fsp3) is 0.510. The number of aliphatic imine (C=N–C) groups is 2. The molecule has 0 aliphatic carbocycles. The highest BCUT2D eigenvalue weighted by Gasteiger charge is 2.74. The van der Waals surface area contributed by atoms with Crippen LogP contribution in [0.1, 0.15) is 119 Å². The number of ether oxygens (including phenoxy) is 10. The van der Waals surface area contributed by atoms with Crippen LogP contribution in [0.25, 0.3) is 0 Å². The number of aromatic nitrogens is 2. The lowest BCUT2D eigenvalue weighted by Crippen LogP contribution is -2.71. The van der Waals surface area contributed by atoms with E-state index in [1.165, 1.54) is 0 Å². The molecule has 8 aliphatic heterocycles. The molecule has 8 aliphatic rings. The van der Waals surface area contributed by atoms with Gasteiger partial charge in [0.05, 0.1) is 24.4 Å². The van der Waals surface area contributed by atoms with E-state index in [-0.39, 0.29) is 24.4 Å². The Labute approximate surface area is 387 Å². The number of nitrogens with zero attached hydrogens (tertiary/aromatic N) is 8. The van der Waals surface area contributed by atoms with Crippen LogP contribution in [-0.2, 0) is 15.4 Å². The maximum Gasteiger partial charge on any atom is 0.405 e. The zero-order valence-electron chi connectivity index (χ0n) is 40.8. The summed E-state index contributed by atoms with van der Waals surface area (Å²) in [6.07, 6.45) is -0.790. The summed E-state index contributed by atoms with van der Waals surface area (Å²) in [6, 6.07) is 7.74. The third-order valence-corrected chi connectivity index (χ3v) is 13.8. The Morgan fingerprint density at radius 3 is 1.19 bits per heavy atom. The number of hydrogen-bond donors (Lipinski definition) is 0. The second-order valence-corrected chi connectivity index (χ2v) is 20.3. The number of methoxy groups -OCH3 is 2. The predicted molar refractivity (Wildman–Crippen MR) is 243 cm³/mol. The van der Waals surface area contributed by atoms with E-state index >= 15 is 0 Å². The van der Waals surface area contributed by atoms with Gasteiger partial charge in [-0.1, -0.05) is 20.0 Å². The Bertz CT molecular complexity index is 3240. The molecule has 2 aromatic carbocycles. The summed E-state index contributed by atoms with van der Waals surface area (Å²) < 4.78 is 75.8. The molecule has 0 radical (unpaired) electrons. The monoisotopic (exact) mass is 916 g/mol. The third-order valence-electron chi connectivity index (χ3n) is 13.8. The second-order valence-electron chi connectivity index (χ2n) is 20.3. The van der Waals surface area contributed by atoms with Gasteiger partial charge in [-0.25, -0.2) is 0 Å². The Hall–Kier alpha value is -6.40. The van der Waals surface area contributed by atoms with Gasteiger partial charge in [0, 0.05) is 28.1 Å². The highest BCUT2D eigenvalue weighted by atomic mass is 16.7. The molecule has 3 atom stereocenters. The first-order chi connectivity index (χ1) is 31.6. The molecule has 0 saturated heterocycles. The minimum atomic E-state index is -1.58. The van der Waals surface area contributed by atoms with Gasteiger partial charge in [0.25, 0.3) is 46.0 Å². The molecule has 0 bridgehead atoms. The minimum Gasteiger partial charge on any atom is -0.490 e. The zero-order chi connectivity index (χ0) is 47.4. The Morgan fingerprint density at radius 2 is 0.806 bits per heavy atom. The van der Waals surface area contributed by atoms with Crippen molar-refractivity contribution in [1.29, 1.82) is 0 Å². The van der Waals surface area contributed by atoms with E-state index in [1.54, 1.807) is 14.2 Å². The first-order valence-corrected chi connectivity index (χ1v) is 23.0. The molecule has 0 fully saturated rings. The zero-order valence-corrected chi connectivity index (χ0v) is 40.8. The predicted octanol–water partition coefficient (Wildman–Crippen LogP) is 6.37. The van der Waals surface area contributed by atoms with Gasteiger partial charge < -0.3 is 47.4 Å². The summed E-state index contributed by atoms with van der Waals surface area (Å²) in [5, 5.41) is 0. The first kappa shape index (κ1) is 42.0. The number of hydrogen-bond acceptors (Lipinski definition) is 14. The molecule has 12 rings (SSSR count). The lowest BCUT2D eigenvalue weighted by Gasteiger charge is -2.44. The molecule has 4 aromatic rings. The molecule has 1 spiro atoms. The van der Waals surface area contributed by atoms with Gasteiger partial charge in [0.1, 0.15) is 45.3 Å². The average Bonchev–Trinajstić information content (AvgIpc) is 3.94. The lowest BCUT2D eigenvalue weighted by molar-refractivity contribution is -0.790. The van der Waals surface area contributed by atoms with E-state index in [9.17, 15) is 0 Å². The van der Waals surface area contributed by atoms with Crippen LogP contribution in [0.3, 0.4) is 0 Å². The van der Waals surface area contributed by atoms with Crippen LogP contribution in [0.2, 0.25) is 0 Å². The molecule has 1 unspecified atom stereocenters. The molecule has 67 heavy (non-hydrogen) atoms. The van der Waals surface area contributed by atoms with Crippen molar-refractivity contribution in [2.24, 2.45) is 20.0 Å². The maximum absolute atomic E-state index is 7.11. The molecule has 350 valence electrons. The molecule has 0 saturated carbocycles. The van der Waals surface area contributed by atoms with Crippen molar-refractivity contribution in [3.8, 4) is 46.0 Å². The van der Waals surface area contributed by atoms with Crippen molar-refractivity contribution >= 4 is 35.0 Å². The quantitative estimate of drug-likeness (QED) is 0.164. The molecule has 10 heterocycles. The van der Waals surface area contributed by atoms with Gasteiger partial charge in [-0.15, -0.1) is 9.15 Å². The van der Waals surface area contributed by atoms with Crippen molar-refractivity contribution in [3.63, 3.8) is 0 Å². The van der Waals surface area contributed by atoms with Gasteiger partial charge in [-0.2, -0.15) is 9.13 Å². The van der Waals surface area contributed by atoms with E-state index in [1.807, 2.05) is 130 Å². The van der Waals surface area contributed by atoms with Crippen molar-refractivity contribution < 1.29 is 56.5 Å². The summed E-state index contributed by atoms with van der Waals surface area (Å²) >= 11 is 0. The van der Waals surface area contributed by atoms with Crippen LogP contribution >= 0.6 is 0 Å². The lowest BCUT2D eigenvalue weighted by atomic mass is 9.97. The van der Waals surface area contributed by atoms with Crippen LogP contribution in [0.15, 0.2) is 44.2 Å². The number of fused-ring (bicyclic) bond motifs is 12. The van der Waals surface area contributed by atoms with E-state index in [2.05, 4.69) is 9.15 Å². The Kier molecular flexibility index (Phi) is 8.13.